The Bertz CT molecular complexity index is 465. The third-order valence-corrected chi connectivity index (χ3v) is 4.81. The number of amides is 1. The van der Waals surface area contributed by atoms with E-state index < -0.39 is 0 Å². The Kier molecular flexibility index (Phi) is 8.74. The standard InChI is InChI=1S/C14H22N4O2S.2ClH/c19-12(11-1-2-11)9-17-4-6-18(7-5-17)10-13(20)16-14-15-3-8-21-14;;/h3,8,11-12,19H,1-2,4-7,9-10H2,(H,15,16,20);2*1H. The van der Waals surface area contributed by atoms with Gasteiger partial charge in [0.1, 0.15) is 0 Å². The number of carbonyl (C=O) groups is 1. The number of rotatable bonds is 6. The number of aromatic nitrogens is 1. The van der Waals surface area contributed by atoms with Gasteiger partial charge in [-0.2, -0.15) is 0 Å². The van der Waals surface area contributed by atoms with Gasteiger partial charge in [0.2, 0.25) is 5.91 Å². The first-order valence-corrected chi connectivity index (χ1v) is 8.41. The van der Waals surface area contributed by atoms with Gasteiger partial charge in [-0.3, -0.25) is 14.6 Å². The van der Waals surface area contributed by atoms with Crippen molar-refractivity contribution in [3.8, 4) is 0 Å². The van der Waals surface area contributed by atoms with E-state index in [1.54, 1.807) is 6.20 Å². The number of β-amino-alcohol motifs (C(OH)–C–C–N with tert-alkyl or cyclic N) is 1. The molecule has 1 saturated heterocycles. The second-order valence-corrected chi connectivity index (χ2v) is 6.76. The smallest absolute Gasteiger partial charge is 0.240 e. The molecule has 1 aromatic rings. The minimum Gasteiger partial charge on any atom is -0.392 e. The number of aliphatic hydroxyl groups is 1. The molecule has 1 amide bonds. The Morgan fingerprint density at radius 1 is 1.30 bits per heavy atom. The number of thiazole rings is 1. The van der Waals surface area contributed by atoms with Gasteiger partial charge in [0.25, 0.3) is 0 Å². The van der Waals surface area contributed by atoms with Crippen LogP contribution in [0.15, 0.2) is 11.6 Å². The first-order chi connectivity index (χ1) is 10.2. The number of carbonyl (C=O) groups excluding carboxylic acids is 1. The van der Waals surface area contributed by atoms with Crippen LogP contribution in [0.3, 0.4) is 0 Å². The van der Waals surface area contributed by atoms with Crippen LogP contribution >= 0.6 is 36.2 Å². The highest BCUT2D eigenvalue weighted by molar-refractivity contribution is 7.13. The number of hydrogen-bond acceptors (Lipinski definition) is 6. The molecule has 1 aliphatic heterocycles. The zero-order valence-electron chi connectivity index (χ0n) is 12.9. The molecule has 23 heavy (non-hydrogen) atoms. The van der Waals surface area contributed by atoms with Crippen LogP contribution in [0, 0.1) is 5.92 Å². The Balaban J connectivity index is 0.00000132. The zero-order valence-corrected chi connectivity index (χ0v) is 15.3. The summed E-state index contributed by atoms with van der Waals surface area (Å²) in [4.78, 5) is 20.4. The van der Waals surface area contributed by atoms with E-state index in [0.29, 0.717) is 17.6 Å². The lowest BCUT2D eigenvalue weighted by Gasteiger charge is -2.35. The minimum atomic E-state index is -0.162. The predicted molar refractivity (Wildman–Crippen MR) is 96.9 cm³/mol. The van der Waals surface area contributed by atoms with Crippen LogP contribution in [0.1, 0.15) is 12.8 Å². The topological polar surface area (TPSA) is 68.7 Å². The van der Waals surface area contributed by atoms with Crippen molar-refractivity contribution in [3.05, 3.63) is 11.6 Å². The number of anilines is 1. The van der Waals surface area contributed by atoms with Gasteiger partial charge in [-0.15, -0.1) is 36.2 Å². The highest BCUT2D eigenvalue weighted by atomic mass is 35.5. The van der Waals surface area contributed by atoms with Crippen molar-refractivity contribution in [2.75, 3.05) is 44.6 Å². The maximum Gasteiger partial charge on any atom is 0.240 e. The van der Waals surface area contributed by atoms with E-state index in [1.807, 2.05) is 5.38 Å². The van der Waals surface area contributed by atoms with E-state index >= 15 is 0 Å². The second kappa shape index (κ2) is 9.76. The SMILES string of the molecule is Cl.Cl.O=C(CN1CCN(CC(O)C2CC2)CC1)Nc1nccs1. The van der Waals surface area contributed by atoms with E-state index in [9.17, 15) is 9.90 Å². The summed E-state index contributed by atoms with van der Waals surface area (Å²) in [5.74, 6) is 0.531. The maximum absolute atomic E-state index is 11.9. The second-order valence-electron chi connectivity index (χ2n) is 5.87. The average Bonchev–Trinajstić information content (AvgIpc) is 3.20. The van der Waals surface area contributed by atoms with Crippen molar-refractivity contribution in [3.63, 3.8) is 0 Å². The van der Waals surface area contributed by atoms with Crippen LogP contribution in [-0.4, -0.2) is 71.2 Å². The quantitative estimate of drug-likeness (QED) is 0.776. The highest BCUT2D eigenvalue weighted by Gasteiger charge is 2.31. The molecule has 9 heteroatoms. The van der Waals surface area contributed by atoms with E-state index in [4.69, 9.17) is 0 Å². The molecule has 1 aromatic heterocycles. The summed E-state index contributed by atoms with van der Waals surface area (Å²) in [5, 5.41) is 15.3. The van der Waals surface area contributed by atoms with E-state index in [1.165, 1.54) is 24.2 Å². The highest BCUT2D eigenvalue weighted by Crippen LogP contribution is 2.32. The summed E-state index contributed by atoms with van der Waals surface area (Å²) in [6.45, 7) is 4.80. The number of piperazine rings is 1. The summed E-state index contributed by atoms with van der Waals surface area (Å²) in [5.41, 5.74) is 0. The molecule has 2 aliphatic rings. The minimum absolute atomic E-state index is 0. The molecule has 0 spiro atoms. The van der Waals surface area contributed by atoms with Gasteiger partial charge in [0, 0.05) is 44.3 Å². The van der Waals surface area contributed by atoms with Crippen LogP contribution in [-0.2, 0) is 4.79 Å². The third kappa shape index (κ3) is 6.52. The molecule has 132 valence electrons. The fourth-order valence-corrected chi connectivity index (χ4v) is 3.22. The third-order valence-electron chi connectivity index (χ3n) is 4.12. The number of halogens is 2. The fourth-order valence-electron chi connectivity index (χ4n) is 2.67. The Morgan fingerprint density at radius 3 is 2.52 bits per heavy atom. The summed E-state index contributed by atoms with van der Waals surface area (Å²) < 4.78 is 0. The summed E-state index contributed by atoms with van der Waals surface area (Å²) >= 11 is 1.43. The molecule has 0 bridgehead atoms. The summed E-state index contributed by atoms with van der Waals surface area (Å²) in [6, 6.07) is 0. The van der Waals surface area contributed by atoms with Crippen LogP contribution in [0.25, 0.3) is 0 Å². The molecule has 2 N–H and O–H groups in total. The lowest BCUT2D eigenvalue weighted by Crippen LogP contribution is -2.50. The molecule has 3 rings (SSSR count). The molecule has 2 heterocycles. The van der Waals surface area contributed by atoms with Gasteiger partial charge in [-0.1, -0.05) is 0 Å². The summed E-state index contributed by atoms with van der Waals surface area (Å²) in [7, 11) is 0. The molecule has 1 saturated carbocycles. The van der Waals surface area contributed by atoms with Crippen LogP contribution in [0.5, 0.6) is 0 Å². The normalized spacial score (nSPS) is 20.2. The Labute approximate surface area is 153 Å². The lowest BCUT2D eigenvalue weighted by molar-refractivity contribution is -0.117. The molecular weight excluding hydrogens is 359 g/mol. The van der Waals surface area contributed by atoms with E-state index in [2.05, 4.69) is 20.1 Å². The van der Waals surface area contributed by atoms with E-state index in [0.717, 1.165) is 32.7 Å². The number of nitrogens with zero attached hydrogens (tertiary/aromatic N) is 3. The van der Waals surface area contributed by atoms with Gasteiger partial charge < -0.3 is 10.4 Å². The maximum atomic E-state index is 11.9. The van der Waals surface area contributed by atoms with Crippen molar-refractivity contribution in [1.82, 2.24) is 14.8 Å². The molecule has 0 radical (unpaired) electrons. The van der Waals surface area contributed by atoms with Gasteiger partial charge in [0.05, 0.1) is 12.6 Å². The van der Waals surface area contributed by atoms with Crippen molar-refractivity contribution in [2.45, 2.75) is 18.9 Å². The van der Waals surface area contributed by atoms with Crippen molar-refractivity contribution < 1.29 is 9.90 Å². The largest absolute Gasteiger partial charge is 0.392 e. The van der Waals surface area contributed by atoms with Crippen molar-refractivity contribution in [2.24, 2.45) is 5.92 Å². The molecule has 1 atom stereocenters. The lowest BCUT2D eigenvalue weighted by atomic mass is 10.2. The molecule has 6 nitrogen and oxygen atoms in total. The molecular formula is C14H24Cl2N4O2S. The van der Waals surface area contributed by atoms with Gasteiger partial charge in [-0.05, 0) is 18.8 Å². The van der Waals surface area contributed by atoms with Gasteiger partial charge >= 0.3 is 0 Å². The first-order valence-electron chi connectivity index (χ1n) is 7.53. The number of nitrogens with one attached hydrogen (secondary N) is 1. The molecule has 0 aromatic carbocycles. The van der Waals surface area contributed by atoms with Crippen LogP contribution in [0.4, 0.5) is 5.13 Å². The number of hydrogen-bond donors (Lipinski definition) is 2. The molecule has 1 unspecified atom stereocenters. The van der Waals surface area contributed by atoms with Gasteiger partial charge in [0.15, 0.2) is 5.13 Å². The fraction of sp³-hybridized carbons (Fsp3) is 0.714. The van der Waals surface area contributed by atoms with Crippen LogP contribution < -0.4 is 5.32 Å². The molecule has 2 fully saturated rings. The van der Waals surface area contributed by atoms with Crippen molar-refractivity contribution >= 4 is 47.2 Å². The zero-order chi connectivity index (χ0) is 14.7. The van der Waals surface area contributed by atoms with Gasteiger partial charge in [-0.25, -0.2) is 4.98 Å². The average molecular weight is 383 g/mol. The monoisotopic (exact) mass is 382 g/mol. The Hall–Kier alpha value is -0.440. The van der Waals surface area contributed by atoms with Crippen molar-refractivity contribution in [1.29, 1.82) is 0 Å². The Morgan fingerprint density at radius 2 is 1.96 bits per heavy atom. The van der Waals surface area contributed by atoms with E-state index in [-0.39, 0.29) is 36.8 Å². The first kappa shape index (κ1) is 20.6. The number of aliphatic hydroxyl groups excluding tert-OH is 1. The molecule has 1 aliphatic carbocycles. The predicted octanol–water partition coefficient (Wildman–Crippen LogP) is 1.31. The van der Waals surface area contributed by atoms with Crippen LogP contribution in [0.2, 0.25) is 0 Å². The summed E-state index contributed by atoms with van der Waals surface area (Å²) in [6.07, 6.45) is 3.88.